The molecule has 0 heterocycles. The number of hydrogen-bond donors (Lipinski definition) is 1. The number of nitrogens with two attached hydrogens (primary N) is 1. The van der Waals surface area contributed by atoms with E-state index in [2.05, 4.69) is 4.74 Å². The Labute approximate surface area is 104 Å². The molecule has 0 fully saturated rings. The molecule has 7 heteroatoms. The van der Waals surface area contributed by atoms with Gasteiger partial charge in [-0.25, -0.2) is 8.42 Å². The zero-order valence-corrected chi connectivity index (χ0v) is 11.1. The van der Waals surface area contributed by atoms with Gasteiger partial charge in [-0.05, 0) is 18.2 Å². The van der Waals surface area contributed by atoms with Crippen molar-refractivity contribution in [2.75, 3.05) is 24.9 Å². The number of esters is 1. The number of anilines is 1. The molecule has 0 atom stereocenters. The van der Waals surface area contributed by atoms with Gasteiger partial charge < -0.3 is 10.5 Å². The second kappa shape index (κ2) is 5.42. The Morgan fingerprint density at radius 2 is 2.12 bits per heavy atom. The number of methoxy groups -OCH3 is 1. The van der Waals surface area contributed by atoms with Crippen LogP contribution in [0.5, 0.6) is 0 Å². The summed E-state index contributed by atoms with van der Waals surface area (Å²) >= 11 is 1.20. The Morgan fingerprint density at radius 1 is 1.47 bits per heavy atom. The van der Waals surface area contributed by atoms with Crippen molar-refractivity contribution in [3.63, 3.8) is 0 Å². The van der Waals surface area contributed by atoms with Gasteiger partial charge in [0, 0.05) is 16.8 Å². The fraction of sp³-hybridized carbons (Fsp3) is 0.300. The fourth-order valence-corrected chi connectivity index (χ4v) is 2.52. The molecule has 5 nitrogen and oxygen atoms in total. The molecule has 0 aliphatic carbocycles. The molecule has 0 unspecified atom stereocenters. The fourth-order valence-electron chi connectivity index (χ4n) is 1.08. The smallest absolute Gasteiger partial charge is 0.315 e. The summed E-state index contributed by atoms with van der Waals surface area (Å²) in [6, 6.07) is 4.43. The number of sulfone groups is 1. The highest BCUT2D eigenvalue weighted by Crippen LogP contribution is 2.27. The third-order valence-electron chi connectivity index (χ3n) is 1.98. The molecule has 94 valence electrons. The lowest BCUT2D eigenvalue weighted by Gasteiger charge is -2.06. The first-order valence-electron chi connectivity index (χ1n) is 4.64. The molecule has 2 N–H and O–H groups in total. The molecular formula is C10H13NO4S2. The molecule has 1 rings (SSSR count). The molecule has 0 aliphatic rings. The molecule has 0 aliphatic heterocycles. The van der Waals surface area contributed by atoms with Crippen LogP contribution in [0.3, 0.4) is 0 Å². The number of rotatable bonds is 4. The SMILES string of the molecule is COC(=O)CSc1ccc(S(C)(=O)=O)cc1N. The third kappa shape index (κ3) is 3.94. The molecule has 17 heavy (non-hydrogen) atoms. The van der Waals surface area contributed by atoms with Crippen LogP contribution in [0.2, 0.25) is 0 Å². The van der Waals surface area contributed by atoms with E-state index in [0.29, 0.717) is 10.6 Å². The van der Waals surface area contributed by atoms with Crippen molar-refractivity contribution in [3.05, 3.63) is 18.2 Å². The van der Waals surface area contributed by atoms with Crippen molar-refractivity contribution in [2.45, 2.75) is 9.79 Å². The maximum absolute atomic E-state index is 11.3. The summed E-state index contributed by atoms with van der Waals surface area (Å²) in [6.07, 6.45) is 1.11. The first-order chi connectivity index (χ1) is 7.84. The van der Waals surface area contributed by atoms with E-state index in [1.807, 2.05) is 0 Å². The Balaban J connectivity index is 2.88. The Morgan fingerprint density at radius 3 is 2.59 bits per heavy atom. The van der Waals surface area contributed by atoms with Crippen LogP contribution >= 0.6 is 11.8 Å². The summed E-state index contributed by atoms with van der Waals surface area (Å²) in [5.41, 5.74) is 6.04. The Bertz CT molecular complexity index is 525. The average molecular weight is 275 g/mol. The summed E-state index contributed by atoms with van der Waals surface area (Å²) < 4.78 is 27.0. The van der Waals surface area contributed by atoms with Crippen molar-refractivity contribution in [1.29, 1.82) is 0 Å². The second-order valence-corrected chi connectivity index (χ2v) is 6.37. The number of carbonyl (C=O) groups excluding carboxylic acids is 1. The topological polar surface area (TPSA) is 86.5 Å². The van der Waals surface area contributed by atoms with Crippen LogP contribution in [0, 0.1) is 0 Å². The van der Waals surface area contributed by atoms with Gasteiger partial charge in [-0.15, -0.1) is 11.8 Å². The van der Waals surface area contributed by atoms with Crippen molar-refractivity contribution in [2.24, 2.45) is 0 Å². The molecular weight excluding hydrogens is 262 g/mol. The number of ether oxygens (including phenoxy) is 1. The number of carbonyl (C=O) groups is 1. The Hall–Kier alpha value is -1.21. The number of nitrogen functional groups attached to an aromatic ring is 1. The van der Waals surface area contributed by atoms with E-state index in [1.165, 1.54) is 31.0 Å². The molecule has 0 spiro atoms. The van der Waals surface area contributed by atoms with Crippen LogP contribution in [0.15, 0.2) is 28.0 Å². The van der Waals surface area contributed by atoms with Gasteiger partial charge in [0.05, 0.1) is 17.8 Å². The minimum atomic E-state index is -3.26. The predicted molar refractivity (Wildman–Crippen MR) is 66.7 cm³/mol. The largest absolute Gasteiger partial charge is 0.468 e. The van der Waals surface area contributed by atoms with E-state index < -0.39 is 9.84 Å². The zero-order valence-electron chi connectivity index (χ0n) is 9.47. The van der Waals surface area contributed by atoms with Crippen molar-refractivity contribution in [3.8, 4) is 0 Å². The molecule has 0 aromatic heterocycles. The van der Waals surface area contributed by atoms with Gasteiger partial charge in [-0.2, -0.15) is 0 Å². The lowest BCUT2D eigenvalue weighted by Crippen LogP contribution is -2.04. The van der Waals surface area contributed by atoms with Gasteiger partial charge >= 0.3 is 5.97 Å². The van der Waals surface area contributed by atoms with E-state index in [4.69, 9.17) is 5.73 Å². The molecule has 0 radical (unpaired) electrons. The molecule has 0 saturated carbocycles. The second-order valence-electron chi connectivity index (χ2n) is 3.34. The van der Waals surface area contributed by atoms with E-state index in [1.54, 1.807) is 6.07 Å². The number of thioether (sulfide) groups is 1. The lowest BCUT2D eigenvalue weighted by molar-refractivity contribution is -0.137. The average Bonchev–Trinajstić information content (AvgIpc) is 2.25. The number of benzene rings is 1. The van der Waals surface area contributed by atoms with Gasteiger partial charge in [0.1, 0.15) is 0 Å². The maximum atomic E-state index is 11.3. The molecule has 0 bridgehead atoms. The molecule has 1 aromatic rings. The molecule has 1 aromatic carbocycles. The highest BCUT2D eigenvalue weighted by atomic mass is 32.2. The van der Waals surface area contributed by atoms with Gasteiger partial charge in [0.25, 0.3) is 0 Å². The summed E-state index contributed by atoms with van der Waals surface area (Å²) in [5.74, 6) is -0.222. The van der Waals surface area contributed by atoms with E-state index in [9.17, 15) is 13.2 Å². The van der Waals surface area contributed by atoms with Crippen molar-refractivity contribution < 1.29 is 17.9 Å². The van der Waals surface area contributed by atoms with Gasteiger partial charge in [0.2, 0.25) is 0 Å². The van der Waals surface area contributed by atoms with E-state index >= 15 is 0 Å². The molecule has 0 saturated heterocycles. The summed E-state index contributed by atoms with van der Waals surface area (Å²) in [5, 5.41) is 0. The lowest BCUT2D eigenvalue weighted by atomic mass is 10.3. The van der Waals surface area contributed by atoms with Gasteiger partial charge in [-0.1, -0.05) is 0 Å². The monoisotopic (exact) mass is 275 g/mol. The van der Waals surface area contributed by atoms with Crippen LogP contribution in [0.1, 0.15) is 0 Å². The quantitative estimate of drug-likeness (QED) is 0.500. The van der Waals surface area contributed by atoms with Crippen LogP contribution < -0.4 is 5.73 Å². The predicted octanol–water partition coefficient (Wildman–Crippen LogP) is 0.937. The van der Waals surface area contributed by atoms with Crippen LogP contribution in [0.25, 0.3) is 0 Å². The maximum Gasteiger partial charge on any atom is 0.315 e. The zero-order chi connectivity index (χ0) is 13.1. The summed E-state index contributed by atoms with van der Waals surface area (Å²) in [7, 11) is -1.95. The molecule has 0 amide bonds. The van der Waals surface area contributed by atoms with Gasteiger partial charge in [0.15, 0.2) is 9.84 Å². The summed E-state index contributed by atoms with van der Waals surface area (Å²) in [6.45, 7) is 0. The number of hydrogen-bond acceptors (Lipinski definition) is 6. The van der Waals surface area contributed by atoms with Crippen molar-refractivity contribution >= 4 is 33.3 Å². The van der Waals surface area contributed by atoms with E-state index in [-0.39, 0.29) is 16.6 Å². The highest BCUT2D eigenvalue weighted by Gasteiger charge is 2.10. The minimum Gasteiger partial charge on any atom is -0.468 e. The van der Waals surface area contributed by atoms with Crippen LogP contribution in [0.4, 0.5) is 5.69 Å². The normalized spacial score (nSPS) is 11.2. The Kier molecular flexibility index (Phi) is 4.41. The minimum absolute atomic E-state index is 0.138. The highest BCUT2D eigenvalue weighted by molar-refractivity contribution is 8.00. The summed E-state index contributed by atoms with van der Waals surface area (Å²) in [4.78, 5) is 11.8. The first-order valence-corrected chi connectivity index (χ1v) is 7.51. The van der Waals surface area contributed by atoms with E-state index in [0.717, 1.165) is 6.26 Å². The third-order valence-corrected chi connectivity index (χ3v) is 4.16. The first kappa shape index (κ1) is 13.9. The van der Waals surface area contributed by atoms with Crippen LogP contribution in [-0.4, -0.2) is 33.5 Å². The van der Waals surface area contributed by atoms with Gasteiger partial charge in [-0.3, -0.25) is 4.79 Å². The van der Waals surface area contributed by atoms with Crippen LogP contribution in [-0.2, 0) is 19.4 Å². The standard InChI is InChI=1S/C10H13NO4S2/c1-15-10(12)6-16-9-4-3-7(5-8(9)11)17(2,13)14/h3-5H,6,11H2,1-2H3. The van der Waals surface area contributed by atoms with Crippen molar-refractivity contribution in [1.82, 2.24) is 0 Å².